The number of rotatable bonds is 5. The molecular formula is C18H14Cl3N3O. The molecule has 0 saturated heterocycles. The number of nitrogens with zero attached hydrogens (tertiary/aromatic N) is 2. The van der Waals surface area contributed by atoms with Gasteiger partial charge < -0.3 is 5.32 Å². The molecule has 0 bridgehead atoms. The number of nitrogens with one attached hydrogen (secondary N) is 1. The maximum absolute atomic E-state index is 12.4. The molecule has 0 fully saturated rings. The van der Waals surface area contributed by atoms with Gasteiger partial charge in [-0.1, -0.05) is 53.0 Å². The SMILES string of the molecule is O=C(Cc1c(Cl)cccc1Cl)Nc1ccnn1Cc1cccc(Cl)c1. The van der Waals surface area contributed by atoms with Crippen LogP contribution in [0, 0.1) is 0 Å². The van der Waals surface area contributed by atoms with Crippen LogP contribution in [0.2, 0.25) is 15.1 Å². The summed E-state index contributed by atoms with van der Waals surface area (Å²) in [5, 5.41) is 8.67. The zero-order valence-corrected chi connectivity index (χ0v) is 15.3. The molecule has 1 amide bonds. The quantitative estimate of drug-likeness (QED) is 0.656. The Morgan fingerprint density at radius 1 is 1.04 bits per heavy atom. The van der Waals surface area contributed by atoms with Crippen LogP contribution in [-0.2, 0) is 17.8 Å². The highest BCUT2D eigenvalue weighted by molar-refractivity contribution is 6.36. The largest absolute Gasteiger partial charge is 0.311 e. The molecule has 0 atom stereocenters. The molecule has 0 aliphatic rings. The van der Waals surface area contributed by atoms with E-state index in [1.54, 1.807) is 35.1 Å². The summed E-state index contributed by atoms with van der Waals surface area (Å²) in [6, 6.07) is 14.4. The molecule has 1 N–H and O–H groups in total. The van der Waals surface area contributed by atoms with Gasteiger partial charge in [-0.2, -0.15) is 5.10 Å². The Balaban J connectivity index is 1.71. The lowest BCUT2D eigenvalue weighted by Crippen LogP contribution is -2.18. The minimum absolute atomic E-state index is 0.0842. The lowest BCUT2D eigenvalue weighted by molar-refractivity contribution is -0.115. The van der Waals surface area contributed by atoms with E-state index in [1.165, 1.54) is 0 Å². The number of halogens is 3. The molecule has 3 rings (SSSR count). The average Bonchev–Trinajstić information content (AvgIpc) is 2.98. The first-order valence-corrected chi connectivity index (χ1v) is 8.65. The molecule has 4 nitrogen and oxygen atoms in total. The number of hydrogen-bond donors (Lipinski definition) is 1. The Morgan fingerprint density at radius 3 is 2.48 bits per heavy atom. The van der Waals surface area contributed by atoms with E-state index in [9.17, 15) is 4.79 Å². The first-order chi connectivity index (χ1) is 12.0. The average molecular weight is 395 g/mol. The van der Waals surface area contributed by atoms with Gasteiger partial charge in [-0.25, -0.2) is 4.68 Å². The van der Waals surface area contributed by atoms with Gasteiger partial charge in [0.15, 0.2) is 0 Å². The standard InChI is InChI=1S/C18H14Cl3N3O/c19-13-4-1-3-12(9-13)11-24-17(7-8-22-24)23-18(25)10-14-15(20)5-2-6-16(14)21/h1-9H,10-11H2,(H,23,25). The third-order valence-electron chi connectivity index (χ3n) is 3.60. The molecule has 1 aromatic heterocycles. The zero-order valence-electron chi connectivity index (χ0n) is 13.0. The maximum atomic E-state index is 12.4. The van der Waals surface area contributed by atoms with E-state index in [1.807, 2.05) is 24.3 Å². The molecule has 0 spiro atoms. The van der Waals surface area contributed by atoms with Crippen molar-refractivity contribution in [3.05, 3.63) is 80.9 Å². The molecular weight excluding hydrogens is 381 g/mol. The number of anilines is 1. The van der Waals surface area contributed by atoms with E-state index in [2.05, 4.69) is 10.4 Å². The van der Waals surface area contributed by atoms with Crippen LogP contribution in [0.25, 0.3) is 0 Å². The van der Waals surface area contributed by atoms with Crippen molar-refractivity contribution >= 4 is 46.5 Å². The van der Waals surface area contributed by atoms with Crippen LogP contribution in [0.1, 0.15) is 11.1 Å². The Bertz CT molecular complexity index is 888. The topological polar surface area (TPSA) is 46.9 Å². The second-order valence-corrected chi connectivity index (χ2v) is 6.68. The molecule has 0 aliphatic carbocycles. The van der Waals surface area contributed by atoms with Gasteiger partial charge in [0.1, 0.15) is 5.82 Å². The highest BCUT2D eigenvalue weighted by atomic mass is 35.5. The molecule has 0 aliphatic heterocycles. The molecule has 1 heterocycles. The Kier molecular flexibility index (Phi) is 5.63. The van der Waals surface area contributed by atoms with E-state index in [-0.39, 0.29) is 12.3 Å². The van der Waals surface area contributed by atoms with E-state index in [0.29, 0.717) is 33.0 Å². The lowest BCUT2D eigenvalue weighted by atomic mass is 10.1. The van der Waals surface area contributed by atoms with Crippen molar-refractivity contribution < 1.29 is 4.79 Å². The Morgan fingerprint density at radius 2 is 1.76 bits per heavy atom. The molecule has 128 valence electrons. The summed E-state index contributed by atoms with van der Waals surface area (Å²) in [4.78, 5) is 12.4. The molecule has 7 heteroatoms. The molecule has 2 aromatic carbocycles. The van der Waals surface area contributed by atoms with Crippen LogP contribution in [-0.4, -0.2) is 15.7 Å². The van der Waals surface area contributed by atoms with Crippen molar-refractivity contribution in [1.82, 2.24) is 9.78 Å². The zero-order chi connectivity index (χ0) is 17.8. The van der Waals surface area contributed by atoms with Crippen molar-refractivity contribution in [3.63, 3.8) is 0 Å². The molecule has 0 unspecified atom stereocenters. The van der Waals surface area contributed by atoms with Crippen molar-refractivity contribution in [2.75, 3.05) is 5.32 Å². The van der Waals surface area contributed by atoms with Crippen LogP contribution in [0.3, 0.4) is 0 Å². The second-order valence-electron chi connectivity index (χ2n) is 5.43. The van der Waals surface area contributed by atoms with Crippen LogP contribution < -0.4 is 5.32 Å². The van der Waals surface area contributed by atoms with Crippen molar-refractivity contribution in [1.29, 1.82) is 0 Å². The highest BCUT2D eigenvalue weighted by Gasteiger charge is 2.13. The smallest absolute Gasteiger partial charge is 0.230 e. The molecule has 25 heavy (non-hydrogen) atoms. The minimum atomic E-state index is -0.220. The van der Waals surface area contributed by atoms with Gasteiger partial charge in [-0.3, -0.25) is 4.79 Å². The monoisotopic (exact) mass is 393 g/mol. The minimum Gasteiger partial charge on any atom is -0.311 e. The summed E-state index contributed by atoms with van der Waals surface area (Å²) in [5.74, 6) is 0.371. The first kappa shape index (κ1) is 17.8. The normalized spacial score (nSPS) is 10.7. The van der Waals surface area contributed by atoms with E-state index >= 15 is 0 Å². The molecule has 3 aromatic rings. The fourth-order valence-electron chi connectivity index (χ4n) is 2.42. The van der Waals surface area contributed by atoms with Gasteiger partial charge in [0.2, 0.25) is 5.91 Å². The third-order valence-corrected chi connectivity index (χ3v) is 4.55. The number of benzene rings is 2. The highest BCUT2D eigenvalue weighted by Crippen LogP contribution is 2.25. The first-order valence-electron chi connectivity index (χ1n) is 7.52. The van der Waals surface area contributed by atoms with Gasteiger partial charge >= 0.3 is 0 Å². The van der Waals surface area contributed by atoms with E-state index in [4.69, 9.17) is 34.8 Å². The number of hydrogen-bond acceptors (Lipinski definition) is 2. The second kappa shape index (κ2) is 7.91. The predicted molar refractivity (Wildman–Crippen MR) is 102 cm³/mol. The summed E-state index contributed by atoms with van der Waals surface area (Å²) >= 11 is 18.2. The van der Waals surface area contributed by atoms with Crippen molar-refractivity contribution in [2.45, 2.75) is 13.0 Å². The van der Waals surface area contributed by atoms with E-state index in [0.717, 1.165) is 5.56 Å². The number of carbonyl (C=O) groups excluding carboxylic acids is 1. The third kappa shape index (κ3) is 4.54. The summed E-state index contributed by atoms with van der Waals surface area (Å²) in [6.07, 6.45) is 1.71. The van der Waals surface area contributed by atoms with Gasteiger partial charge in [0.05, 0.1) is 19.2 Å². The predicted octanol–water partition coefficient (Wildman–Crippen LogP) is 5.07. The maximum Gasteiger partial charge on any atom is 0.230 e. The fourth-order valence-corrected chi connectivity index (χ4v) is 3.17. The van der Waals surface area contributed by atoms with Crippen LogP contribution in [0.5, 0.6) is 0 Å². The summed E-state index contributed by atoms with van der Waals surface area (Å²) in [6.45, 7) is 0.496. The van der Waals surface area contributed by atoms with Crippen molar-refractivity contribution in [2.24, 2.45) is 0 Å². The van der Waals surface area contributed by atoms with Crippen molar-refractivity contribution in [3.8, 4) is 0 Å². The van der Waals surface area contributed by atoms with Gasteiger partial charge in [-0.05, 0) is 35.4 Å². The summed E-state index contributed by atoms with van der Waals surface area (Å²) in [5.41, 5.74) is 1.59. The van der Waals surface area contributed by atoms with Crippen LogP contribution in [0.15, 0.2) is 54.7 Å². The Hall–Kier alpha value is -2.01. The van der Waals surface area contributed by atoms with Gasteiger partial charge in [0, 0.05) is 21.1 Å². The number of aromatic nitrogens is 2. The van der Waals surface area contributed by atoms with E-state index < -0.39 is 0 Å². The van der Waals surface area contributed by atoms with Crippen LogP contribution >= 0.6 is 34.8 Å². The number of carbonyl (C=O) groups is 1. The van der Waals surface area contributed by atoms with Gasteiger partial charge in [-0.15, -0.1) is 0 Å². The lowest BCUT2D eigenvalue weighted by Gasteiger charge is -2.11. The van der Waals surface area contributed by atoms with Crippen LogP contribution in [0.4, 0.5) is 5.82 Å². The summed E-state index contributed by atoms with van der Waals surface area (Å²) in [7, 11) is 0. The molecule has 0 saturated carbocycles. The molecule has 0 radical (unpaired) electrons. The summed E-state index contributed by atoms with van der Waals surface area (Å²) < 4.78 is 1.69. The Labute approximate surface area is 160 Å². The fraction of sp³-hybridized carbons (Fsp3) is 0.111. The number of amides is 1. The van der Waals surface area contributed by atoms with Gasteiger partial charge in [0.25, 0.3) is 0 Å².